The second-order valence-corrected chi connectivity index (χ2v) is 8.29. The molecule has 0 atom stereocenters. The van der Waals surface area contributed by atoms with Crippen LogP contribution in [0.25, 0.3) is 17.3 Å². The summed E-state index contributed by atoms with van der Waals surface area (Å²) in [5.41, 5.74) is 2.79. The number of alkyl halides is 2. The lowest BCUT2D eigenvalue weighted by Gasteiger charge is -2.14. The average molecular weight is 536 g/mol. The van der Waals surface area contributed by atoms with Crippen LogP contribution in [-0.2, 0) is 4.79 Å². The van der Waals surface area contributed by atoms with E-state index in [1.807, 2.05) is 37.3 Å². The fourth-order valence-corrected chi connectivity index (χ4v) is 3.96. The molecule has 0 spiro atoms. The number of rotatable bonds is 10. The molecular formula is C29H27F2N3O5. The molecule has 0 saturated heterocycles. The molecule has 1 aromatic heterocycles. The molecule has 3 aromatic carbocycles. The molecule has 39 heavy (non-hydrogen) atoms. The van der Waals surface area contributed by atoms with Crippen molar-refractivity contribution in [3.8, 4) is 28.7 Å². The van der Waals surface area contributed by atoms with Crippen LogP contribution in [0.5, 0.6) is 23.0 Å². The Labute approximate surface area is 224 Å². The van der Waals surface area contributed by atoms with Gasteiger partial charge in [-0.05, 0) is 60.5 Å². The zero-order chi connectivity index (χ0) is 27.9. The summed E-state index contributed by atoms with van der Waals surface area (Å²) in [5.74, 6) is 0.920. The normalized spacial score (nSPS) is 11.3. The highest BCUT2D eigenvalue weighted by molar-refractivity contribution is 6.29. The van der Waals surface area contributed by atoms with Crippen molar-refractivity contribution < 1.29 is 32.5 Å². The maximum atomic E-state index is 13.8. The van der Waals surface area contributed by atoms with Crippen molar-refractivity contribution >= 4 is 23.4 Å². The molecule has 1 amide bonds. The molecule has 4 aromatic rings. The number of nitrogens with zero attached hydrogens (tertiary/aromatic N) is 2. The Kier molecular flexibility index (Phi) is 8.45. The van der Waals surface area contributed by atoms with Gasteiger partial charge in [0.25, 0.3) is 5.91 Å². The van der Waals surface area contributed by atoms with Gasteiger partial charge < -0.3 is 24.3 Å². The summed E-state index contributed by atoms with van der Waals surface area (Å²) in [6, 6.07) is 20.7. The number of hydrogen-bond acceptors (Lipinski definition) is 6. The Balaban J connectivity index is 1.79. The number of anilines is 1. The van der Waals surface area contributed by atoms with E-state index in [9.17, 15) is 13.6 Å². The van der Waals surface area contributed by atoms with Gasteiger partial charge in [-0.25, -0.2) is 4.68 Å². The van der Waals surface area contributed by atoms with Crippen LogP contribution < -0.4 is 24.3 Å². The van der Waals surface area contributed by atoms with Gasteiger partial charge in [0.2, 0.25) is 0 Å². The SMILES string of the molecule is COc1ccc(/C(=C/c2ccc(OC(F)F)c(OC)c2)C(=O)Nc2cc(C)nn2-c2ccccc2)cc1OC. The van der Waals surface area contributed by atoms with Crippen molar-refractivity contribution in [1.29, 1.82) is 0 Å². The first kappa shape index (κ1) is 27.2. The van der Waals surface area contributed by atoms with E-state index in [0.717, 1.165) is 5.69 Å². The van der Waals surface area contributed by atoms with Crippen LogP contribution in [0.3, 0.4) is 0 Å². The number of carbonyl (C=O) groups excluding carboxylic acids is 1. The van der Waals surface area contributed by atoms with Gasteiger partial charge in [0.15, 0.2) is 23.0 Å². The lowest BCUT2D eigenvalue weighted by Crippen LogP contribution is -2.16. The third-order valence-electron chi connectivity index (χ3n) is 5.73. The second-order valence-electron chi connectivity index (χ2n) is 8.29. The zero-order valence-electron chi connectivity index (χ0n) is 21.8. The summed E-state index contributed by atoms with van der Waals surface area (Å²) in [4.78, 5) is 13.8. The molecule has 0 bridgehead atoms. The minimum atomic E-state index is -3.01. The standard InChI is InChI=1S/C29H27F2N3O5/c1-18-14-27(34(33-18)21-8-6-5-7-9-21)32-28(35)22(20-11-13-23(36-2)26(17-20)38-4)15-19-10-12-24(39-29(30)31)25(16-19)37-3/h5-17,29H,1-4H3,(H,32,35)/b22-15-. The van der Waals surface area contributed by atoms with Gasteiger partial charge >= 0.3 is 6.61 Å². The second kappa shape index (κ2) is 12.1. The van der Waals surface area contributed by atoms with Crippen molar-refractivity contribution in [3.63, 3.8) is 0 Å². The van der Waals surface area contributed by atoms with Crippen LogP contribution in [0, 0.1) is 6.92 Å². The van der Waals surface area contributed by atoms with Crippen LogP contribution in [0.1, 0.15) is 16.8 Å². The van der Waals surface area contributed by atoms with Gasteiger partial charge in [-0.1, -0.05) is 30.3 Å². The van der Waals surface area contributed by atoms with Crippen molar-refractivity contribution in [1.82, 2.24) is 9.78 Å². The van der Waals surface area contributed by atoms with E-state index in [1.165, 1.54) is 33.5 Å². The maximum Gasteiger partial charge on any atom is 0.387 e. The molecule has 0 aliphatic carbocycles. The Morgan fingerprint density at radius 2 is 1.54 bits per heavy atom. The lowest BCUT2D eigenvalue weighted by molar-refractivity contribution is -0.111. The molecule has 4 rings (SSSR count). The first-order chi connectivity index (χ1) is 18.8. The van der Waals surface area contributed by atoms with E-state index in [-0.39, 0.29) is 17.1 Å². The van der Waals surface area contributed by atoms with Crippen molar-refractivity contribution in [2.75, 3.05) is 26.6 Å². The summed E-state index contributed by atoms with van der Waals surface area (Å²) >= 11 is 0. The predicted molar refractivity (Wildman–Crippen MR) is 144 cm³/mol. The van der Waals surface area contributed by atoms with Crippen molar-refractivity contribution in [2.45, 2.75) is 13.5 Å². The van der Waals surface area contributed by atoms with Gasteiger partial charge in [-0.3, -0.25) is 4.79 Å². The van der Waals surface area contributed by atoms with Gasteiger partial charge in [0, 0.05) is 11.6 Å². The van der Waals surface area contributed by atoms with Gasteiger partial charge in [-0.2, -0.15) is 13.9 Å². The summed E-state index contributed by atoms with van der Waals surface area (Å²) in [6.45, 7) is -1.18. The highest BCUT2D eigenvalue weighted by Gasteiger charge is 2.19. The number of hydrogen-bond donors (Lipinski definition) is 1. The summed E-state index contributed by atoms with van der Waals surface area (Å²) < 4.78 is 47.8. The molecule has 0 radical (unpaired) electrons. The van der Waals surface area contributed by atoms with E-state index in [1.54, 1.807) is 41.1 Å². The van der Waals surface area contributed by atoms with Crippen LogP contribution in [-0.4, -0.2) is 43.6 Å². The monoisotopic (exact) mass is 535 g/mol. The molecule has 202 valence electrons. The van der Waals surface area contributed by atoms with E-state index >= 15 is 0 Å². The van der Waals surface area contributed by atoms with E-state index in [4.69, 9.17) is 14.2 Å². The van der Waals surface area contributed by atoms with Crippen LogP contribution in [0.2, 0.25) is 0 Å². The van der Waals surface area contributed by atoms with Crippen LogP contribution >= 0.6 is 0 Å². The molecule has 0 unspecified atom stereocenters. The molecular weight excluding hydrogens is 508 g/mol. The molecule has 0 aliphatic heterocycles. The number of aryl methyl sites for hydroxylation is 1. The van der Waals surface area contributed by atoms with Gasteiger partial charge in [-0.15, -0.1) is 0 Å². The molecule has 10 heteroatoms. The zero-order valence-corrected chi connectivity index (χ0v) is 21.8. The Morgan fingerprint density at radius 3 is 2.21 bits per heavy atom. The van der Waals surface area contributed by atoms with Crippen LogP contribution in [0.4, 0.5) is 14.6 Å². The van der Waals surface area contributed by atoms with E-state index < -0.39 is 12.5 Å². The number of para-hydroxylation sites is 1. The topological polar surface area (TPSA) is 83.8 Å². The number of carbonyl (C=O) groups is 1. The molecule has 0 fully saturated rings. The molecule has 1 N–H and O–H groups in total. The smallest absolute Gasteiger partial charge is 0.387 e. The highest BCUT2D eigenvalue weighted by atomic mass is 19.3. The minimum Gasteiger partial charge on any atom is -0.493 e. The number of halogens is 2. The first-order valence-electron chi connectivity index (χ1n) is 11.8. The third kappa shape index (κ3) is 6.35. The molecule has 0 aliphatic rings. The Hall–Kier alpha value is -4.86. The average Bonchev–Trinajstić information content (AvgIpc) is 3.31. The predicted octanol–water partition coefficient (Wildman–Crippen LogP) is 5.99. The Morgan fingerprint density at radius 1 is 0.872 bits per heavy atom. The van der Waals surface area contributed by atoms with Gasteiger partial charge in [0.1, 0.15) is 5.82 Å². The minimum absolute atomic E-state index is 0.0916. The van der Waals surface area contributed by atoms with Crippen LogP contribution in [0.15, 0.2) is 72.8 Å². The molecule has 0 saturated carbocycles. The lowest BCUT2D eigenvalue weighted by atomic mass is 10.0. The number of nitrogens with one attached hydrogen (secondary N) is 1. The number of amides is 1. The maximum absolute atomic E-state index is 13.8. The quantitative estimate of drug-likeness (QED) is 0.199. The van der Waals surface area contributed by atoms with Gasteiger partial charge in [0.05, 0.1) is 32.7 Å². The Bertz CT molecular complexity index is 1490. The largest absolute Gasteiger partial charge is 0.493 e. The number of ether oxygens (including phenoxy) is 4. The highest BCUT2D eigenvalue weighted by Crippen LogP contribution is 2.34. The third-order valence-corrected chi connectivity index (χ3v) is 5.73. The van der Waals surface area contributed by atoms with Crippen molar-refractivity contribution in [2.24, 2.45) is 0 Å². The molecule has 1 heterocycles. The number of methoxy groups -OCH3 is 3. The van der Waals surface area contributed by atoms with Crippen molar-refractivity contribution in [3.05, 3.63) is 89.6 Å². The van der Waals surface area contributed by atoms with E-state index in [0.29, 0.717) is 34.1 Å². The fourth-order valence-electron chi connectivity index (χ4n) is 3.96. The summed E-state index contributed by atoms with van der Waals surface area (Å²) in [7, 11) is 4.36. The fraction of sp³-hybridized carbons (Fsp3) is 0.172. The number of aromatic nitrogens is 2. The van der Waals surface area contributed by atoms with E-state index in [2.05, 4.69) is 15.2 Å². The summed E-state index contributed by atoms with van der Waals surface area (Å²) in [5, 5.41) is 7.46. The molecule has 8 nitrogen and oxygen atoms in total. The number of benzene rings is 3. The first-order valence-corrected chi connectivity index (χ1v) is 11.8. The summed E-state index contributed by atoms with van der Waals surface area (Å²) in [6.07, 6.45) is 1.61.